The SMILES string of the molecule is C=N/N=C(/CC1CC1(F)F)N1C=CC(c2cccc(F)c2)=CC1. The molecule has 0 bridgehead atoms. The summed E-state index contributed by atoms with van der Waals surface area (Å²) in [5.74, 6) is -3.10. The van der Waals surface area contributed by atoms with Crippen LogP contribution in [0.15, 0.2) is 52.8 Å². The maximum Gasteiger partial charge on any atom is 0.252 e. The molecule has 0 saturated heterocycles. The normalized spacial score (nSPS) is 22.7. The highest BCUT2D eigenvalue weighted by molar-refractivity contribution is 5.86. The van der Waals surface area contributed by atoms with Gasteiger partial charge >= 0.3 is 0 Å². The van der Waals surface area contributed by atoms with Gasteiger partial charge in [-0.2, -0.15) is 5.10 Å². The highest BCUT2D eigenvalue weighted by Gasteiger charge is 2.57. The first-order valence-corrected chi connectivity index (χ1v) is 7.31. The second-order valence-electron chi connectivity index (χ2n) is 5.66. The molecule has 1 fully saturated rings. The second kappa shape index (κ2) is 6.02. The largest absolute Gasteiger partial charge is 0.331 e. The highest BCUT2D eigenvalue weighted by Crippen LogP contribution is 2.51. The molecule has 1 heterocycles. The lowest BCUT2D eigenvalue weighted by atomic mass is 10.0. The molecule has 1 aliphatic carbocycles. The van der Waals surface area contributed by atoms with Crippen molar-refractivity contribution in [2.45, 2.75) is 18.8 Å². The van der Waals surface area contributed by atoms with Gasteiger partial charge in [0.2, 0.25) is 0 Å². The smallest absolute Gasteiger partial charge is 0.252 e. The van der Waals surface area contributed by atoms with Gasteiger partial charge in [0, 0.05) is 38.2 Å². The standard InChI is InChI=1S/C17H16F3N3/c1-21-22-16(10-14-11-17(14,19)20)23-7-5-12(6-8-23)13-3-2-4-15(18)9-13/h2-7,9,14H,1,8,10-11H2/b22-16-. The van der Waals surface area contributed by atoms with Gasteiger partial charge in [-0.3, -0.25) is 0 Å². The zero-order valence-corrected chi connectivity index (χ0v) is 12.4. The average molecular weight is 319 g/mol. The number of nitrogens with zero attached hydrogens (tertiary/aromatic N) is 3. The van der Waals surface area contributed by atoms with Crippen molar-refractivity contribution >= 4 is 18.1 Å². The Balaban J connectivity index is 1.70. The van der Waals surface area contributed by atoms with Crippen LogP contribution in [-0.2, 0) is 0 Å². The Morgan fingerprint density at radius 3 is 2.74 bits per heavy atom. The number of benzene rings is 1. The predicted octanol–water partition coefficient (Wildman–Crippen LogP) is 4.10. The van der Waals surface area contributed by atoms with Crippen LogP contribution in [-0.4, -0.2) is 29.9 Å². The Bertz CT molecular complexity index is 707. The first-order chi connectivity index (χ1) is 11.0. The molecule has 1 atom stereocenters. The number of rotatable bonds is 4. The van der Waals surface area contributed by atoms with E-state index in [2.05, 4.69) is 16.9 Å². The second-order valence-corrected chi connectivity index (χ2v) is 5.66. The molecular formula is C17H16F3N3. The molecule has 1 aromatic rings. The van der Waals surface area contributed by atoms with Crippen LogP contribution in [0.3, 0.4) is 0 Å². The van der Waals surface area contributed by atoms with Crippen LogP contribution in [0.25, 0.3) is 5.57 Å². The van der Waals surface area contributed by atoms with Crippen LogP contribution in [0.1, 0.15) is 18.4 Å². The molecule has 0 aromatic heterocycles. The molecule has 120 valence electrons. The number of alkyl halides is 2. The van der Waals surface area contributed by atoms with Crippen molar-refractivity contribution in [1.29, 1.82) is 0 Å². The fourth-order valence-electron chi connectivity index (χ4n) is 2.58. The third kappa shape index (κ3) is 3.52. The summed E-state index contributed by atoms with van der Waals surface area (Å²) in [6.07, 6.45) is 5.52. The molecule has 6 heteroatoms. The molecule has 23 heavy (non-hydrogen) atoms. The van der Waals surface area contributed by atoms with Crippen molar-refractivity contribution in [2.75, 3.05) is 6.54 Å². The topological polar surface area (TPSA) is 28.0 Å². The summed E-state index contributed by atoms with van der Waals surface area (Å²) in [5, 5.41) is 7.36. The van der Waals surface area contributed by atoms with Crippen molar-refractivity contribution in [3.63, 3.8) is 0 Å². The summed E-state index contributed by atoms with van der Waals surface area (Å²) in [6.45, 7) is 3.77. The zero-order valence-electron chi connectivity index (χ0n) is 12.4. The van der Waals surface area contributed by atoms with E-state index in [4.69, 9.17) is 0 Å². The first kappa shape index (κ1) is 15.5. The van der Waals surface area contributed by atoms with Gasteiger partial charge in [-0.15, -0.1) is 5.10 Å². The molecule has 1 unspecified atom stereocenters. The molecule has 3 nitrogen and oxygen atoms in total. The molecule has 0 N–H and O–H groups in total. The predicted molar refractivity (Wildman–Crippen MR) is 84.9 cm³/mol. The Hall–Kier alpha value is -2.37. The van der Waals surface area contributed by atoms with Crippen molar-refractivity contribution in [3.05, 3.63) is 54.0 Å². The number of hydrogen-bond donors (Lipinski definition) is 0. The van der Waals surface area contributed by atoms with E-state index in [1.54, 1.807) is 17.2 Å². The monoisotopic (exact) mass is 319 g/mol. The number of halogens is 3. The lowest BCUT2D eigenvalue weighted by Gasteiger charge is -2.23. The summed E-state index contributed by atoms with van der Waals surface area (Å²) in [5.41, 5.74) is 1.65. The lowest BCUT2D eigenvalue weighted by Crippen LogP contribution is -2.28. The minimum Gasteiger partial charge on any atom is -0.331 e. The van der Waals surface area contributed by atoms with Crippen molar-refractivity contribution in [3.8, 4) is 0 Å². The van der Waals surface area contributed by atoms with Crippen LogP contribution in [0.4, 0.5) is 13.2 Å². The van der Waals surface area contributed by atoms with E-state index in [-0.39, 0.29) is 18.7 Å². The van der Waals surface area contributed by atoms with E-state index in [0.717, 1.165) is 11.1 Å². The van der Waals surface area contributed by atoms with Gasteiger partial charge in [0.05, 0.1) is 0 Å². The Morgan fingerprint density at radius 2 is 2.17 bits per heavy atom. The first-order valence-electron chi connectivity index (χ1n) is 7.31. The zero-order chi connectivity index (χ0) is 16.4. The summed E-state index contributed by atoms with van der Waals surface area (Å²) >= 11 is 0. The van der Waals surface area contributed by atoms with Crippen LogP contribution in [0.2, 0.25) is 0 Å². The third-order valence-electron chi connectivity index (χ3n) is 4.00. The van der Waals surface area contributed by atoms with Crippen molar-refractivity contribution in [1.82, 2.24) is 4.90 Å². The van der Waals surface area contributed by atoms with Gasteiger partial charge in [0.25, 0.3) is 5.92 Å². The van der Waals surface area contributed by atoms with E-state index in [0.29, 0.717) is 12.4 Å². The summed E-state index contributed by atoms with van der Waals surface area (Å²) in [4.78, 5) is 1.76. The third-order valence-corrected chi connectivity index (χ3v) is 4.00. The van der Waals surface area contributed by atoms with E-state index < -0.39 is 11.8 Å². The van der Waals surface area contributed by atoms with Gasteiger partial charge in [-0.05, 0) is 29.3 Å². The Labute approximate surface area is 132 Å². The van der Waals surface area contributed by atoms with Gasteiger partial charge < -0.3 is 4.90 Å². The Morgan fingerprint density at radius 1 is 1.39 bits per heavy atom. The van der Waals surface area contributed by atoms with E-state index >= 15 is 0 Å². The van der Waals surface area contributed by atoms with E-state index in [9.17, 15) is 13.2 Å². The minimum absolute atomic E-state index is 0.106. The highest BCUT2D eigenvalue weighted by atomic mass is 19.3. The van der Waals surface area contributed by atoms with E-state index in [1.807, 2.05) is 18.2 Å². The fourth-order valence-corrected chi connectivity index (χ4v) is 2.58. The maximum absolute atomic E-state index is 13.3. The summed E-state index contributed by atoms with van der Waals surface area (Å²) in [6, 6.07) is 6.31. The van der Waals surface area contributed by atoms with Crippen molar-refractivity contribution in [2.24, 2.45) is 16.1 Å². The van der Waals surface area contributed by atoms with Gasteiger partial charge in [-0.1, -0.05) is 18.2 Å². The molecule has 3 rings (SSSR count). The quantitative estimate of drug-likeness (QED) is 0.466. The molecule has 1 saturated carbocycles. The molecule has 0 spiro atoms. The lowest BCUT2D eigenvalue weighted by molar-refractivity contribution is 0.0998. The molecule has 1 aliphatic heterocycles. The Kier molecular flexibility index (Phi) is 4.07. The van der Waals surface area contributed by atoms with Crippen LogP contribution in [0.5, 0.6) is 0 Å². The van der Waals surface area contributed by atoms with Crippen molar-refractivity contribution < 1.29 is 13.2 Å². The summed E-state index contributed by atoms with van der Waals surface area (Å²) in [7, 11) is 0. The maximum atomic E-state index is 13.3. The van der Waals surface area contributed by atoms with Crippen LogP contribution < -0.4 is 0 Å². The molecular weight excluding hydrogens is 303 g/mol. The molecule has 1 aromatic carbocycles. The molecule has 0 amide bonds. The number of amidine groups is 1. The number of hydrogen-bond acceptors (Lipinski definition) is 2. The minimum atomic E-state index is -2.59. The van der Waals surface area contributed by atoms with Gasteiger partial charge in [0.1, 0.15) is 11.7 Å². The molecule has 2 aliphatic rings. The number of allylic oxidation sites excluding steroid dienone is 2. The van der Waals surface area contributed by atoms with Gasteiger partial charge in [-0.25, -0.2) is 13.2 Å². The fraction of sp³-hybridized carbons (Fsp3) is 0.294. The average Bonchev–Trinajstić information content (AvgIpc) is 3.14. The summed E-state index contributed by atoms with van der Waals surface area (Å²) < 4.78 is 39.5. The van der Waals surface area contributed by atoms with E-state index in [1.165, 1.54) is 12.1 Å². The molecule has 0 radical (unpaired) electrons. The van der Waals surface area contributed by atoms with Gasteiger partial charge in [0.15, 0.2) is 0 Å². The van der Waals surface area contributed by atoms with Crippen LogP contribution >= 0.6 is 0 Å². The van der Waals surface area contributed by atoms with Crippen LogP contribution in [0, 0.1) is 11.7 Å².